The van der Waals surface area contributed by atoms with Crippen molar-refractivity contribution < 1.29 is 4.79 Å². The molecule has 60 valence electrons. The highest BCUT2D eigenvalue weighted by atomic mass is 16.1. The Labute approximate surface area is 66.8 Å². The summed E-state index contributed by atoms with van der Waals surface area (Å²) in [6.45, 7) is 4.88. The van der Waals surface area contributed by atoms with Crippen molar-refractivity contribution in [3.8, 4) is 0 Å². The quantitative estimate of drug-likeness (QED) is 0.556. The minimum Gasteiger partial charge on any atom is -0.345 e. The summed E-state index contributed by atoms with van der Waals surface area (Å²) < 4.78 is 1.99. The number of fused-ring (bicyclic) bond motifs is 1. The molecular formula is C9H13NO. The van der Waals surface area contributed by atoms with E-state index in [1.54, 1.807) is 0 Å². The Balaban J connectivity index is 0.000000281. The molecule has 0 aliphatic carbocycles. The molecule has 11 heavy (non-hydrogen) atoms. The summed E-state index contributed by atoms with van der Waals surface area (Å²) in [4.78, 5) is 10.9. The van der Waals surface area contributed by atoms with Crippen LogP contribution in [0.4, 0.5) is 0 Å². The topological polar surface area (TPSA) is 22.0 Å². The lowest BCUT2D eigenvalue weighted by Gasteiger charge is -1.88. The molecule has 0 saturated carbocycles. The molecule has 0 atom stereocenters. The summed E-state index contributed by atoms with van der Waals surface area (Å²) in [5, 5.41) is 0. The van der Waals surface area contributed by atoms with Crippen molar-refractivity contribution in [1.82, 2.24) is 4.57 Å². The predicted octanol–water partition coefficient (Wildman–Crippen LogP) is 2.10. The minimum atomic E-state index is 0.278. The van der Waals surface area contributed by atoms with Gasteiger partial charge in [0.2, 0.25) is 0 Å². The number of aryl methyl sites for hydroxylation is 1. The van der Waals surface area contributed by atoms with Gasteiger partial charge in [0.05, 0.1) is 5.69 Å². The first-order valence-electron chi connectivity index (χ1n) is 4.06. The summed E-state index contributed by atoms with van der Waals surface area (Å²) in [5.41, 5.74) is 0.870. The van der Waals surface area contributed by atoms with Crippen molar-refractivity contribution >= 4 is 5.78 Å². The van der Waals surface area contributed by atoms with Gasteiger partial charge in [0.1, 0.15) is 0 Å². The summed E-state index contributed by atoms with van der Waals surface area (Å²) in [6, 6.07) is 3.78. The van der Waals surface area contributed by atoms with E-state index in [1.807, 2.05) is 36.7 Å². The normalized spacial score (nSPS) is 13.8. The molecule has 0 radical (unpaired) electrons. The fraction of sp³-hybridized carbons (Fsp3) is 0.444. The molecule has 0 aromatic carbocycles. The van der Waals surface area contributed by atoms with Crippen LogP contribution in [0, 0.1) is 0 Å². The van der Waals surface area contributed by atoms with Crippen LogP contribution >= 0.6 is 0 Å². The Kier molecular flexibility index (Phi) is 2.47. The highest BCUT2D eigenvalue weighted by molar-refractivity contribution is 5.96. The number of nitrogens with zero attached hydrogens (tertiary/aromatic N) is 1. The number of rotatable bonds is 0. The monoisotopic (exact) mass is 151 g/mol. The van der Waals surface area contributed by atoms with Crippen LogP contribution in [0.15, 0.2) is 18.3 Å². The van der Waals surface area contributed by atoms with Gasteiger partial charge in [-0.05, 0) is 12.1 Å². The van der Waals surface area contributed by atoms with E-state index in [0.29, 0.717) is 6.42 Å². The Hall–Kier alpha value is -1.05. The molecule has 1 aromatic heterocycles. The van der Waals surface area contributed by atoms with Crippen LogP contribution in [0.5, 0.6) is 0 Å². The van der Waals surface area contributed by atoms with E-state index in [9.17, 15) is 4.79 Å². The van der Waals surface area contributed by atoms with Crippen LogP contribution in [0.1, 0.15) is 30.8 Å². The number of carbonyl (C=O) groups is 1. The highest BCUT2D eigenvalue weighted by Gasteiger charge is 2.16. The molecule has 2 heteroatoms. The van der Waals surface area contributed by atoms with Gasteiger partial charge in [0.25, 0.3) is 0 Å². The predicted molar refractivity (Wildman–Crippen MR) is 44.7 cm³/mol. The number of hydrogen-bond donors (Lipinski definition) is 0. The summed E-state index contributed by atoms with van der Waals surface area (Å²) in [6.07, 6.45) is 2.64. The molecule has 2 rings (SSSR count). The maximum Gasteiger partial charge on any atom is 0.180 e. The van der Waals surface area contributed by atoms with Crippen LogP contribution in [0.3, 0.4) is 0 Å². The van der Waals surface area contributed by atoms with E-state index in [-0.39, 0.29) is 5.78 Å². The molecule has 2 heterocycles. The van der Waals surface area contributed by atoms with Crippen LogP contribution < -0.4 is 0 Å². The molecule has 1 aliphatic heterocycles. The van der Waals surface area contributed by atoms with E-state index in [4.69, 9.17) is 0 Å². The van der Waals surface area contributed by atoms with Gasteiger partial charge in [0.15, 0.2) is 5.78 Å². The molecule has 0 bridgehead atoms. The van der Waals surface area contributed by atoms with Crippen LogP contribution in [0.25, 0.3) is 0 Å². The maximum absolute atomic E-state index is 10.9. The number of carbonyl (C=O) groups excluding carboxylic acids is 1. The SMILES string of the molecule is CC.O=C1CCn2cccc21. The lowest BCUT2D eigenvalue weighted by atomic mass is 10.3. The van der Waals surface area contributed by atoms with E-state index < -0.39 is 0 Å². The first-order valence-corrected chi connectivity index (χ1v) is 4.06. The van der Waals surface area contributed by atoms with Gasteiger partial charge >= 0.3 is 0 Å². The van der Waals surface area contributed by atoms with Gasteiger partial charge in [-0.1, -0.05) is 13.8 Å². The fourth-order valence-electron chi connectivity index (χ4n) is 1.21. The first kappa shape index (κ1) is 8.05. The third-order valence-corrected chi connectivity index (χ3v) is 1.69. The van der Waals surface area contributed by atoms with E-state index in [1.165, 1.54) is 0 Å². The number of ketones is 1. The third kappa shape index (κ3) is 1.34. The molecule has 0 N–H and O–H groups in total. The van der Waals surface area contributed by atoms with Crippen molar-refractivity contribution in [2.24, 2.45) is 0 Å². The number of hydrogen-bond acceptors (Lipinski definition) is 1. The average Bonchev–Trinajstić information content (AvgIpc) is 2.60. The second-order valence-corrected chi connectivity index (χ2v) is 2.26. The van der Waals surface area contributed by atoms with E-state index in [0.717, 1.165) is 12.2 Å². The molecule has 1 aromatic rings. The molecular weight excluding hydrogens is 138 g/mol. The molecule has 0 spiro atoms. The zero-order valence-electron chi connectivity index (χ0n) is 7.00. The van der Waals surface area contributed by atoms with E-state index in [2.05, 4.69) is 0 Å². The lowest BCUT2D eigenvalue weighted by molar-refractivity contribution is 0.0994. The standard InChI is InChI=1S/C7H7NO.C2H6/c9-7-3-5-8-4-1-2-6(7)8;1-2/h1-2,4H,3,5H2;1-2H3. The van der Waals surface area contributed by atoms with Crippen molar-refractivity contribution in [3.63, 3.8) is 0 Å². The Bertz CT molecular complexity index is 250. The molecule has 0 fully saturated rings. The second kappa shape index (κ2) is 3.37. The van der Waals surface area contributed by atoms with E-state index >= 15 is 0 Å². The van der Waals surface area contributed by atoms with Gasteiger partial charge in [-0.2, -0.15) is 0 Å². The van der Waals surface area contributed by atoms with Crippen LogP contribution in [-0.4, -0.2) is 10.4 Å². The van der Waals surface area contributed by atoms with Crippen LogP contribution in [-0.2, 0) is 6.54 Å². The molecule has 0 unspecified atom stereocenters. The van der Waals surface area contributed by atoms with Gasteiger partial charge in [-0.3, -0.25) is 4.79 Å². The second-order valence-electron chi connectivity index (χ2n) is 2.26. The lowest BCUT2D eigenvalue weighted by Crippen LogP contribution is -1.89. The molecule has 0 amide bonds. The summed E-state index contributed by atoms with van der Waals surface area (Å²) >= 11 is 0. The van der Waals surface area contributed by atoms with Crippen molar-refractivity contribution in [2.75, 3.05) is 0 Å². The highest BCUT2D eigenvalue weighted by Crippen LogP contribution is 2.13. The summed E-state index contributed by atoms with van der Waals surface area (Å²) in [7, 11) is 0. The Morgan fingerprint density at radius 2 is 2.18 bits per heavy atom. The zero-order valence-corrected chi connectivity index (χ0v) is 7.00. The maximum atomic E-state index is 10.9. The molecule has 1 aliphatic rings. The largest absolute Gasteiger partial charge is 0.345 e. The van der Waals surface area contributed by atoms with Crippen molar-refractivity contribution in [2.45, 2.75) is 26.8 Å². The van der Waals surface area contributed by atoms with Gasteiger partial charge in [0, 0.05) is 19.2 Å². The fourth-order valence-corrected chi connectivity index (χ4v) is 1.21. The zero-order chi connectivity index (χ0) is 8.27. The van der Waals surface area contributed by atoms with Crippen LogP contribution in [0.2, 0.25) is 0 Å². The van der Waals surface area contributed by atoms with Crippen molar-refractivity contribution in [1.29, 1.82) is 0 Å². The van der Waals surface area contributed by atoms with Gasteiger partial charge in [-0.25, -0.2) is 0 Å². The third-order valence-electron chi connectivity index (χ3n) is 1.69. The first-order chi connectivity index (χ1) is 5.38. The molecule has 2 nitrogen and oxygen atoms in total. The number of Topliss-reactive ketones (excluding diaryl/α,β-unsaturated/α-hetero) is 1. The minimum absolute atomic E-state index is 0.278. The smallest absolute Gasteiger partial charge is 0.180 e. The van der Waals surface area contributed by atoms with Crippen molar-refractivity contribution in [3.05, 3.63) is 24.0 Å². The average molecular weight is 151 g/mol. The Morgan fingerprint density at radius 3 is 2.82 bits per heavy atom. The molecule has 0 saturated heterocycles. The number of aromatic nitrogens is 1. The Morgan fingerprint density at radius 1 is 1.45 bits per heavy atom. The van der Waals surface area contributed by atoms with Gasteiger partial charge in [-0.15, -0.1) is 0 Å². The summed E-state index contributed by atoms with van der Waals surface area (Å²) in [5.74, 6) is 0.278. The van der Waals surface area contributed by atoms with Gasteiger partial charge < -0.3 is 4.57 Å².